The Morgan fingerprint density at radius 3 is 2.79 bits per heavy atom. The summed E-state index contributed by atoms with van der Waals surface area (Å²) in [5.41, 5.74) is -0.0398. The largest absolute Gasteiger partial charge is 0.427 e. The number of halogens is 2. The molecule has 104 valence electrons. The van der Waals surface area contributed by atoms with Crippen LogP contribution in [0.15, 0.2) is 18.2 Å². The molecule has 1 aromatic rings. The maximum absolute atomic E-state index is 12.2. The third kappa shape index (κ3) is 3.28. The van der Waals surface area contributed by atoms with Gasteiger partial charge in [-0.1, -0.05) is 0 Å². The summed E-state index contributed by atoms with van der Waals surface area (Å²) in [6.45, 7) is -1.98. The number of alkyl halides is 2. The molecule has 0 aromatic heterocycles. The van der Waals surface area contributed by atoms with E-state index in [1.807, 2.05) is 0 Å². The van der Waals surface area contributed by atoms with Crippen molar-refractivity contribution in [1.82, 2.24) is 0 Å². The van der Waals surface area contributed by atoms with Gasteiger partial charge in [0.05, 0.1) is 17.2 Å². The third-order valence-electron chi connectivity index (χ3n) is 2.65. The summed E-state index contributed by atoms with van der Waals surface area (Å²) in [4.78, 5) is 15.3. The average Bonchev–Trinajstić information content (AvgIpc) is 2.38. The summed E-state index contributed by atoms with van der Waals surface area (Å²) in [6.07, 6.45) is 1.83. The van der Waals surface area contributed by atoms with Crippen LogP contribution in [0.5, 0.6) is 5.75 Å². The number of rotatable bonds is 4. The van der Waals surface area contributed by atoms with Gasteiger partial charge in [-0.05, 0) is 18.9 Å². The van der Waals surface area contributed by atoms with Crippen LogP contribution in [0.4, 0.5) is 20.2 Å². The first-order valence-electron chi connectivity index (χ1n) is 5.71. The van der Waals surface area contributed by atoms with Crippen LogP contribution in [-0.4, -0.2) is 24.7 Å². The van der Waals surface area contributed by atoms with Crippen molar-refractivity contribution in [3.63, 3.8) is 0 Å². The van der Waals surface area contributed by atoms with Crippen molar-refractivity contribution in [2.24, 2.45) is 0 Å². The van der Waals surface area contributed by atoms with E-state index in [-0.39, 0.29) is 0 Å². The fourth-order valence-corrected chi connectivity index (χ4v) is 1.80. The Morgan fingerprint density at radius 2 is 2.21 bits per heavy atom. The normalized spacial score (nSPS) is 15.6. The SMILES string of the molecule is O=[N+]([O-])c1ccc(N2CCCCO2)cc1OC(F)F. The predicted molar refractivity (Wildman–Crippen MR) is 62.3 cm³/mol. The van der Waals surface area contributed by atoms with Gasteiger partial charge in [-0.15, -0.1) is 0 Å². The minimum absolute atomic E-state index is 0.459. The summed E-state index contributed by atoms with van der Waals surface area (Å²) in [6, 6.07) is 3.77. The van der Waals surface area contributed by atoms with Crippen molar-refractivity contribution in [2.75, 3.05) is 18.2 Å². The number of ether oxygens (including phenoxy) is 1. The molecule has 0 radical (unpaired) electrons. The molecule has 0 amide bonds. The quantitative estimate of drug-likeness (QED) is 0.624. The molecule has 8 heteroatoms. The second kappa shape index (κ2) is 5.79. The molecule has 2 rings (SSSR count). The van der Waals surface area contributed by atoms with Gasteiger partial charge in [0, 0.05) is 18.7 Å². The predicted octanol–water partition coefficient (Wildman–Crippen LogP) is 2.73. The first-order valence-corrected chi connectivity index (χ1v) is 5.71. The molecule has 0 saturated carbocycles. The highest BCUT2D eigenvalue weighted by molar-refractivity contribution is 5.58. The summed E-state index contributed by atoms with van der Waals surface area (Å²) < 4.78 is 28.7. The fourth-order valence-electron chi connectivity index (χ4n) is 1.80. The van der Waals surface area contributed by atoms with Crippen LogP contribution in [0.25, 0.3) is 0 Å². The third-order valence-corrected chi connectivity index (χ3v) is 2.65. The molecule has 0 bridgehead atoms. The van der Waals surface area contributed by atoms with E-state index in [0.29, 0.717) is 18.8 Å². The van der Waals surface area contributed by atoms with Crippen molar-refractivity contribution < 1.29 is 23.3 Å². The molecule has 1 aromatic carbocycles. The van der Waals surface area contributed by atoms with Gasteiger partial charge < -0.3 is 4.74 Å². The van der Waals surface area contributed by atoms with Crippen LogP contribution in [0, 0.1) is 10.1 Å². The molecule has 0 N–H and O–H groups in total. The molecule has 1 aliphatic heterocycles. The van der Waals surface area contributed by atoms with Gasteiger partial charge in [-0.25, -0.2) is 0 Å². The van der Waals surface area contributed by atoms with E-state index < -0.39 is 23.0 Å². The molecule has 1 aliphatic rings. The van der Waals surface area contributed by atoms with E-state index in [2.05, 4.69) is 4.74 Å². The van der Waals surface area contributed by atoms with Gasteiger partial charge in [0.25, 0.3) is 0 Å². The molecule has 0 spiro atoms. The standard InChI is InChI=1S/C11H12F2N2O4/c12-11(13)19-10-7-8(3-4-9(10)15(16)17)14-5-1-2-6-18-14/h3-4,7,11H,1-2,5-6H2. The van der Waals surface area contributed by atoms with Crippen molar-refractivity contribution in [1.29, 1.82) is 0 Å². The van der Waals surface area contributed by atoms with E-state index in [1.54, 1.807) is 0 Å². The van der Waals surface area contributed by atoms with Crippen molar-refractivity contribution >= 4 is 11.4 Å². The van der Waals surface area contributed by atoms with Gasteiger partial charge in [0.15, 0.2) is 0 Å². The molecule has 0 unspecified atom stereocenters. The Labute approximate surface area is 107 Å². The maximum Gasteiger partial charge on any atom is 0.387 e. The van der Waals surface area contributed by atoms with E-state index >= 15 is 0 Å². The average molecular weight is 274 g/mol. The number of hydroxylamine groups is 1. The lowest BCUT2D eigenvalue weighted by Crippen LogP contribution is -2.29. The number of nitrogens with zero attached hydrogens (tertiary/aromatic N) is 2. The molecule has 0 atom stereocenters. The van der Waals surface area contributed by atoms with Gasteiger partial charge in [-0.3, -0.25) is 20.0 Å². The number of nitro benzene ring substituents is 1. The monoisotopic (exact) mass is 274 g/mol. The number of anilines is 1. The summed E-state index contributed by atoms with van der Waals surface area (Å²) in [7, 11) is 0. The van der Waals surface area contributed by atoms with Crippen molar-refractivity contribution in [3.05, 3.63) is 28.3 Å². The lowest BCUT2D eigenvalue weighted by Gasteiger charge is -2.27. The van der Waals surface area contributed by atoms with E-state index in [0.717, 1.165) is 18.9 Å². The first-order chi connectivity index (χ1) is 9.08. The highest BCUT2D eigenvalue weighted by atomic mass is 19.3. The highest BCUT2D eigenvalue weighted by Gasteiger charge is 2.21. The van der Waals surface area contributed by atoms with Crippen LogP contribution in [0.1, 0.15) is 12.8 Å². The van der Waals surface area contributed by atoms with Crippen LogP contribution >= 0.6 is 0 Å². The van der Waals surface area contributed by atoms with Crippen molar-refractivity contribution in [3.8, 4) is 5.75 Å². The number of hydrogen-bond acceptors (Lipinski definition) is 5. The highest BCUT2D eigenvalue weighted by Crippen LogP contribution is 2.33. The Balaban J connectivity index is 2.28. The second-order valence-corrected chi connectivity index (χ2v) is 3.93. The zero-order chi connectivity index (χ0) is 13.8. The Morgan fingerprint density at radius 1 is 1.42 bits per heavy atom. The lowest BCUT2D eigenvalue weighted by atomic mass is 10.2. The van der Waals surface area contributed by atoms with E-state index in [9.17, 15) is 18.9 Å². The summed E-state index contributed by atoms with van der Waals surface area (Å²) >= 11 is 0. The summed E-state index contributed by atoms with van der Waals surface area (Å²) in [5.74, 6) is -0.466. The van der Waals surface area contributed by atoms with Gasteiger partial charge in [-0.2, -0.15) is 8.78 Å². The first kappa shape index (κ1) is 13.5. The molecule has 1 heterocycles. The van der Waals surface area contributed by atoms with Crippen LogP contribution in [0.2, 0.25) is 0 Å². The Hall–Kier alpha value is -1.96. The van der Waals surface area contributed by atoms with Crippen LogP contribution in [-0.2, 0) is 4.84 Å². The Kier molecular flexibility index (Phi) is 4.10. The zero-order valence-electron chi connectivity index (χ0n) is 9.92. The topological polar surface area (TPSA) is 64.8 Å². The van der Waals surface area contributed by atoms with E-state index in [1.165, 1.54) is 17.2 Å². The van der Waals surface area contributed by atoms with Crippen LogP contribution < -0.4 is 9.80 Å². The number of benzene rings is 1. The molecule has 6 nitrogen and oxygen atoms in total. The Bertz CT molecular complexity index is 464. The van der Waals surface area contributed by atoms with Crippen LogP contribution in [0.3, 0.4) is 0 Å². The summed E-state index contributed by atoms with van der Waals surface area (Å²) in [5, 5.41) is 12.2. The molecule has 1 saturated heterocycles. The number of hydrogen-bond donors (Lipinski definition) is 0. The van der Waals surface area contributed by atoms with E-state index in [4.69, 9.17) is 4.84 Å². The molecule has 0 aliphatic carbocycles. The van der Waals surface area contributed by atoms with Gasteiger partial charge >= 0.3 is 12.3 Å². The smallest absolute Gasteiger partial charge is 0.387 e. The minimum Gasteiger partial charge on any atom is -0.427 e. The molecular formula is C11H12F2N2O4. The van der Waals surface area contributed by atoms with Gasteiger partial charge in [0.1, 0.15) is 0 Å². The second-order valence-electron chi connectivity index (χ2n) is 3.93. The molecule has 1 fully saturated rings. The fraction of sp³-hybridized carbons (Fsp3) is 0.455. The molecule has 19 heavy (non-hydrogen) atoms. The lowest BCUT2D eigenvalue weighted by molar-refractivity contribution is -0.386. The number of nitro groups is 1. The maximum atomic E-state index is 12.2. The zero-order valence-corrected chi connectivity index (χ0v) is 9.92. The van der Waals surface area contributed by atoms with Crippen molar-refractivity contribution in [2.45, 2.75) is 19.5 Å². The molecular weight excluding hydrogens is 262 g/mol. The minimum atomic E-state index is -3.11. The van der Waals surface area contributed by atoms with Gasteiger partial charge in [0.2, 0.25) is 5.75 Å².